The molecule has 0 fully saturated rings. The fourth-order valence-corrected chi connectivity index (χ4v) is 11.0. The molecular weight excluding hydrogens is 723 g/mol. The molecule has 1 spiro atoms. The number of benzene rings is 10. The smallest absolute Gasteiger partial charge is 0.0726 e. The van der Waals surface area contributed by atoms with E-state index in [0.29, 0.717) is 0 Å². The second-order valence-electron chi connectivity index (χ2n) is 16.4. The summed E-state index contributed by atoms with van der Waals surface area (Å²) in [5.74, 6) is 0. The van der Waals surface area contributed by atoms with E-state index < -0.39 is 5.41 Å². The number of fused-ring (bicyclic) bond motifs is 13. The fraction of sp³-hybridized carbons (Fsp3) is 0.0169. The van der Waals surface area contributed by atoms with Crippen LogP contribution < -0.4 is 4.90 Å². The molecule has 13 rings (SSSR count). The molecule has 0 atom stereocenters. The fourth-order valence-electron chi connectivity index (χ4n) is 11.0. The van der Waals surface area contributed by atoms with Gasteiger partial charge >= 0.3 is 0 Å². The van der Waals surface area contributed by atoms with Crippen molar-refractivity contribution in [2.24, 2.45) is 0 Å². The molecule has 0 saturated carbocycles. The van der Waals surface area contributed by atoms with Gasteiger partial charge in [-0.05, 0) is 131 Å². The first-order valence-corrected chi connectivity index (χ1v) is 20.9. The molecule has 0 N–H and O–H groups in total. The third kappa shape index (κ3) is 4.52. The van der Waals surface area contributed by atoms with E-state index in [4.69, 9.17) is 0 Å². The zero-order chi connectivity index (χ0) is 39.4. The van der Waals surface area contributed by atoms with Crippen LogP contribution in [0.3, 0.4) is 0 Å². The Morgan fingerprint density at radius 3 is 1.43 bits per heavy atom. The Bertz CT molecular complexity index is 3300. The Morgan fingerprint density at radius 1 is 0.267 bits per heavy atom. The van der Waals surface area contributed by atoms with Gasteiger partial charge in [0.25, 0.3) is 0 Å². The minimum absolute atomic E-state index is 0.429. The summed E-state index contributed by atoms with van der Waals surface area (Å²) < 4.78 is 0. The highest BCUT2D eigenvalue weighted by atomic mass is 15.1. The molecule has 3 aliphatic carbocycles. The van der Waals surface area contributed by atoms with E-state index in [9.17, 15) is 0 Å². The number of hydrogen-bond donors (Lipinski definition) is 0. The molecule has 60 heavy (non-hydrogen) atoms. The summed E-state index contributed by atoms with van der Waals surface area (Å²) in [6.45, 7) is 0. The third-order valence-electron chi connectivity index (χ3n) is 13.4. The van der Waals surface area contributed by atoms with Gasteiger partial charge in [-0.25, -0.2) is 0 Å². The van der Waals surface area contributed by atoms with Gasteiger partial charge in [-0.2, -0.15) is 0 Å². The molecule has 0 amide bonds. The molecule has 0 aliphatic heterocycles. The van der Waals surface area contributed by atoms with E-state index in [1.54, 1.807) is 0 Å². The lowest BCUT2D eigenvalue weighted by Gasteiger charge is -2.32. The Hall–Kier alpha value is -7.74. The highest BCUT2D eigenvalue weighted by molar-refractivity contribution is 6.15. The van der Waals surface area contributed by atoms with Crippen molar-refractivity contribution in [1.29, 1.82) is 0 Å². The summed E-state index contributed by atoms with van der Waals surface area (Å²) in [7, 11) is 0. The van der Waals surface area contributed by atoms with E-state index in [1.165, 1.54) is 99.8 Å². The summed E-state index contributed by atoms with van der Waals surface area (Å²) in [5, 5.41) is 2.66. The second-order valence-corrected chi connectivity index (χ2v) is 16.4. The highest BCUT2D eigenvalue weighted by Gasteiger charge is 2.51. The average Bonchev–Trinajstić information content (AvgIpc) is 3.92. The van der Waals surface area contributed by atoms with Crippen molar-refractivity contribution in [3.63, 3.8) is 0 Å². The second kappa shape index (κ2) is 12.6. The van der Waals surface area contributed by atoms with Gasteiger partial charge in [0.2, 0.25) is 0 Å². The van der Waals surface area contributed by atoms with Crippen molar-refractivity contribution in [3.8, 4) is 66.8 Å². The van der Waals surface area contributed by atoms with Crippen LogP contribution in [-0.2, 0) is 5.41 Å². The Kier molecular flexibility index (Phi) is 7.00. The molecule has 0 bridgehead atoms. The Labute approximate surface area is 350 Å². The molecule has 10 aromatic carbocycles. The van der Waals surface area contributed by atoms with E-state index in [0.717, 1.165) is 17.1 Å². The highest BCUT2D eigenvalue weighted by Crippen LogP contribution is 2.63. The lowest BCUT2D eigenvalue weighted by molar-refractivity contribution is 0.793. The molecule has 0 unspecified atom stereocenters. The van der Waals surface area contributed by atoms with E-state index >= 15 is 0 Å². The van der Waals surface area contributed by atoms with Crippen LogP contribution in [0.4, 0.5) is 17.1 Å². The predicted octanol–water partition coefficient (Wildman–Crippen LogP) is 15.6. The molecule has 0 heterocycles. The van der Waals surface area contributed by atoms with Crippen LogP contribution in [0, 0.1) is 0 Å². The van der Waals surface area contributed by atoms with Crippen molar-refractivity contribution in [2.45, 2.75) is 5.41 Å². The standard InChI is InChI=1S/C59H37N/c1-2-14-39(15-3-1)44-18-7-11-27-57(44)60(42-31-28-38(29-32-42)41-30-34-45-50-22-12-16-40-17-13-23-51(58(40)50)52(45)36-41)43-33-35-49-48-21-6-10-26-55(48)59(56(49)37-43)53-24-8-4-19-46(53)47-20-5-9-25-54(47)59/h1-37H. The summed E-state index contributed by atoms with van der Waals surface area (Å²) in [6, 6.07) is 83.5. The molecule has 0 radical (unpaired) electrons. The maximum absolute atomic E-state index is 2.49. The third-order valence-corrected chi connectivity index (χ3v) is 13.4. The van der Waals surface area contributed by atoms with Gasteiger partial charge in [0.1, 0.15) is 0 Å². The minimum atomic E-state index is -0.429. The molecule has 10 aromatic rings. The predicted molar refractivity (Wildman–Crippen MR) is 250 cm³/mol. The lowest BCUT2D eigenvalue weighted by atomic mass is 9.70. The van der Waals surface area contributed by atoms with Crippen LogP contribution in [0.15, 0.2) is 224 Å². The largest absolute Gasteiger partial charge is 0.310 e. The maximum atomic E-state index is 2.49. The van der Waals surface area contributed by atoms with Crippen molar-refractivity contribution in [3.05, 3.63) is 247 Å². The van der Waals surface area contributed by atoms with Crippen LogP contribution in [0.25, 0.3) is 77.5 Å². The zero-order valence-electron chi connectivity index (χ0n) is 32.8. The van der Waals surface area contributed by atoms with Crippen molar-refractivity contribution in [1.82, 2.24) is 0 Å². The summed E-state index contributed by atoms with van der Waals surface area (Å²) in [6.07, 6.45) is 0. The van der Waals surface area contributed by atoms with Gasteiger partial charge in [0, 0.05) is 16.9 Å². The van der Waals surface area contributed by atoms with E-state index in [1.807, 2.05) is 0 Å². The van der Waals surface area contributed by atoms with Crippen LogP contribution in [-0.4, -0.2) is 0 Å². The molecule has 3 aliphatic rings. The topological polar surface area (TPSA) is 3.24 Å². The minimum Gasteiger partial charge on any atom is -0.310 e. The van der Waals surface area contributed by atoms with Gasteiger partial charge in [-0.1, -0.05) is 188 Å². The Balaban J connectivity index is 1.000. The van der Waals surface area contributed by atoms with E-state index in [-0.39, 0.29) is 0 Å². The summed E-state index contributed by atoms with van der Waals surface area (Å²) in [4.78, 5) is 2.47. The molecule has 0 aromatic heterocycles. The van der Waals surface area contributed by atoms with Crippen LogP contribution in [0.2, 0.25) is 0 Å². The van der Waals surface area contributed by atoms with Crippen LogP contribution in [0.5, 0.6) is 0 Å². The van der Waals surface area contributed by atoms with Crippen molar-refractivity contribution in [2.75, 3.05) is 4.90 Å². The van der Waals surface area contributed by atoms with Crippen LogP contribution in [0.1, 0.15) is 22.3 Å². The van der Waals surface area contributed by atoms with E-state index in [2.05, 4.69) is 229 Å². The summed E-state index contributed by atoms with van der Waals surface area (Å²) in [5.41, 5.74) is 23.6. The lowest BCUT2D eigenvalue weighted by Crippen LogP contribution is -2.26. The quantitative estimate of drug-likeness (QED) is 0.169. The van der Waals surface area contributed by atoms with Crippen molar-refractivity contribution >= 4 is 27.8 Å². The Morgan fingerprint density at radius 2 is 0.767 bits per heavy atom. The number of para-hydroxylation sites is 1. The van der Waals surface area contributed by atoms with Gasteiger partial charge in [-0.3, -0.25) is 0 Å². The van der Waals surface area contributed by atoms with Gasteiger partial charge in [0.05, 0.1) is 11.1 Å². The van der Waals surface area contributed by atoms with Gasteiger partial charge < -0.3 is 4.90 Å². The molecular formula is C59H37N. The normalized spacial score (nSPS) is 13.1. The molecule has 0 saturated heterocycles. The zero-order valence-corrected chi connectivity index (χ0v) is 32.8. The molecule has 278 valence electrons. The average molecular weight is 760 g/mol. The number of hydrogen-bond acceptors (Lipinski definition) is 1. The first-order valence-electron chi connectivity index (χ1n) is 20.9. The monoisotopic (exact) mass is 759 g/mol. The number of nitrogens with zero attached hydrogens (tertiary/aromatic N) is 1. The van der Waals surface area contributed by atoms with Crippen molar-refractivity contribution < 1.29 is 0 Å². The molecule has 1 nitrogen and oxygen atoms in total. The van der Waals surface area contributed by atoms with Gasteiger partial charge in [-0.15, -0.1) is 0 Å². The first kappa shape index (κ1) is 33.3. The SMILES string of the molecule is c1ccc(-c2ccccc2N(c2ccc(-c3ccc4c(c3)-c3cccc5cccc-4c35)cc2)c2ccc3c(c2)C2(c4ccccc4-c4ccccc42)c2ccccc2-3)cc1. The summed E-state index contributed by atoms with van der Waals surface area (Å²) >= 11 is 0. The molecule has 1 heteroatoms. The number of rotatable bonds is 5. The maximum Gasteiger partial charge on any atom is 0.0726 e. The first-order chi connectivity index (χ1) is 29.8. The number of anilines is 3. The van der Waals surface area contributed by atoms with Crippen LogP contribution >= 0.6 is 0 Å². The van der Waals surface area contributed by atoms with Gasteiger partial charge in [0.15, 0.2) is 0 Å².